The van der Waals surface area contributed by atoms with E-state index in [4.69, 9.17) is 5.53 Å². The van der Waals surface area contributed by atoms with Crippen molar-refractivity contribution in [1.29, 1.82) is 0 Å². The van der Waals surface area contributed by atoms with Crippen LogP contribution in [0.25, 0.3) is 16.1 Å². The Morgan fingerprint density at radius 3 is 3.00 bits per heavy atom. The molecule has 1 heterocycles. The smallest absolute Gasteiger partial charge is 0.123 e. The van der Waals surface area contributed by atoms with Crippen LogP contribution in [0.1, 0.15) is 0 Å². The number of halogens is 1. The van der Waals surface area contributed by atoms with Gasteiger partial charge in [0.25, 0.3) is 0 Å². The molecule has 2 rings (SSSR count). The van der Waals surface area contributed by atoms with Crippen molar-refractivity contribution in [3.05, 3.63) is 52.9 Å². The lowest BCUT2D eigenvalue weighted by molar-refractivity contribution is 0.627. The summed E-state index contributed by atoms with van der Waals surface area (Å²) in [5.41, 5.74) is 9.09. The molecule has 74 valence electrons. The number of rotatable bonds is 2. The predicted molar refractivity (Wildman–Crippen MR) is 52.3 cm³/mol. The zero-order valence-corrected chi connectivity index (χ0v) is 7.58. The monoisotopic (exact) mass is 203 g/mol. The average molecular weight is 203 g/mol. The van der Waals surface area contributed by atoms with Crippen LogP contribution in [0, 0.1) is 5.82 Å². The SMILES string of the molecule is [N-]=[N+]=Nc1cc(F)ccc1-n1cccn1. The minimum absolute atomic E-state index is 0.209. The van der Waals surface area contributed by atoms with Gasteiger partial charge >= 0.3 is 0 Å². The summed E-state index contributed by atoms with van der Waals surface area (Å²) < 4.78 is 14.4. The first kappa shape index (κ1) is 9.23. The molecule has 0 saturated heterocycles. The lowest BCUT2D eigenvalue weighted by Gasteiger charge is -2.04. The summed E-state index contributed by atoms with van der Waals surface area (Å²) in [7, 11) is 0. The molecule has 0 bridgehead atoms. The zero-order valence-electron chi connectivity index (χ0n) is 7.58. The molecule has 6 heteroatoms. The number of hydrogen-bond donors (Lipinski definition) is 0. The van der Waals surface area contributed by atoms with Gasteiger partial charge in [-0.15, -0.1) is 0 Å². The maximum Gasteiger partial charge on any atom is 0.123 e. The fourth-order valence-electron chi connectivity index (χ4n) is 1.23. The summed E-state index contributed by atoms with van der Waals surface area (Å²) in [6.45, 7) is 0. The van der Waals surface area contributed by atoms with E-state index >= 15 is 0 Å². The zero-order chi connectivity index (χ0) is 10.7. The summed E-state index contributed by atoms with van der Waals surface area (Å²) in [4.78, 5) is 2.63. The molecule has 0 atom stereocenters. The topological polar surface area (TPSA) is 66.6 Å². The molecule has 0 N–H and O–H groups in total. The van der Waals surface area contributed by atoms with Crippen molar-refractivity contribution in [2.45, 2.75) is 0 Å². The fraction of sp³-hybridized carbons (Fsp3) is 0. The number of nitrogens with zero attached hydrogens (tertiary/aromatic N) is 5. The molecular weight excluding hydrogens is 197 g/mol. The molecule has 5 nitrogen and oxygen atoms in total. The molecule has 15 heavy (non-hydrogen) atoms. The largest absolute Gasteiger partial charge is 0.241 e. The summed E-state index contributed by atoms with van der Waals surface area (Å²) in [5.74, 6) is -0.451. The lowest BCUT2D eigenvalue weighted by atomic mass is 10.2. The number of azide groups is 1. The Hall–Kier alpha value is -2.33. The molecule has 0 amide bonds. The number of benzene rings is 1. The molecule has 0 spiro atoms. The Kier molecular flexibility index (Phi) is 2.35. The first-order valence-corrected chi connectivity index (χ1v) is 4.16. The Balaban J connectivity index is 2.60. The van der Waals surface area contributed by atoms with Crippen LogP contribution in [0.5, 0.6) is 0 Å². The molecule has 0 radical (unpaired) electrons. The van der Waals surface area contributed by atoms with Gasteiger partial charge in [0.2, 0.25) is 0 Å². The highest BCUT2D eigenvalue weighted by Gasteiger charge is 2.04. The van der Waals surface area contributed by atoms with Crippen molar-refractivity contribution >= 4 is 5.69 Å². The van der Waals surface area contributed by atoms with Gasteiger partial charge in [-0.2, -0.15) is 5.10 Å². The summed E-state index contributed by atoms with van der Waals surface area (Å²) in [5, 5.41) is 7.37. The number of hydrogen-bond acceptors (Lipinski definition) is 2. The van der Waals surface area contributed by atoms with Crippen molar-refractivity contribution in [3.63, 3.8) is 0 Å². The van der Waals surface area contributed by atoms with Crippen molar-refractivity contribution in [1.82, 2.24) is 9.78 Å². The van der Waals surface area contributed by atoms with Crippen LogP contribution in [-0.2, 0) is 0 Å². The molecule has 0 aliphatic rings. The van der Waals surface area contributed by atoms with Gasteiger partial charge in [-0.1, -0.05) is 5.11 Å². The van der Waals surface area contributed by atoms with Gasteiger partial charge in [0.15, 0.2) is 0 Å². The van der Waals surface area contributed by atoms with Gasteiger partial charge in [0, 0.05) is 17.3 Å². The Labute approximate surface area is 84.4 Å². The standard InChI is InChI=1S/C9H6FN5/c10-7-2-3-9(8(6-7)13-14-11)15-5-1-4-12-15/h1-6H. The Morgan fingerprint density at radius 1 is 1.47 bits per heavy atom. The second-order valence-corrected chi connectivity index (χ2v) is 2.77. The van der Waals surface area contributed by atoms with Gasteiger partial charge in [-0.25, -0.2) is 9.07 Å². The molecule has 1 aromatic heterocycles. The first-order valence-electron chi connectivity index (χ1n) is 4.16. The first-order chi connectivity index (χ1) is 7.31. The maximum absolute atomic E-state index is 12.9. The molecule has 0 aliphatic carbocycles. The molecule has 1 aromatic carbocycles. The second kappa shape index (κ2) is 3.81. The maximum atomic E-state index is 12.9. The van der Waals surface area contributed by atoms with Gasteiger partial charge in [-0.05, 0) is 29.8 Å². The second-order valence-electron chi connectivity index (χ2n) is 2.77. The molecule has 2 aromatic rings. The quantitative estimate of drug-likeness (QED) is 0.420. The van der Waals surface area contributed by atoms with Crippen LogP contribution in [-0.4, -0.2) is 9.78 Å². The summed E-state index contributed by atoms with van der Waals surface area (Å²) in [6.07, 6.45) is 3.27. The Morgan fingerprint density at radius 2 is 2.33 bits per heavy atom. The van der Waals surface area contributed by atoms with Crippen LogP contribution < -0.4 is 0 Å². The molecule has 0 unspecified atom stereocenters. The van der Waals surface area contributed by atoms with Crippen LogP contribution in [0.2, 0.25) is 0 Å². The Bertz CT molecular complexity index is 513. The van der Waals surface area contributed by atoms with E-state index in [9.17, 15) is 4.39 Å². The van der Waals surface area contributed by atoms with E-state index in [0.717, 1.165) is 6.07 Å². The van der Waals surface area contributed by atoms with Gasteiger partial charge in [-0.3, -0.25) is 0 Å². The number of aromatic nitrogens is 2. The van der Waals surface area contributed by atoms with E-state index < -0.39 is 5.82 Å². The molecule has 0 fully saturated rings. The van der Waals surface area contributed by atoms with Crippen molar-refractivity contribution in [2.75, 3.05) is 0 Å². The van der Waals surface area contributed by atoms with Gasteiger partial charge in [0.1, 0.15) is 5.82 Å². The summed E-state index contributed by atoms with van der Waals surface area (Å²) >= 11 is 0. The van der Waals surface area contributed by atoms with E-state index in [1.165, 1.54) is 16.8 Å². The highest BCUT2D eigenvalue weighted by atomic mass is 19.1. The van der Waals surface area contributed by atoms with Crippen molar-refractivity contribution in [3.8, 4) is 5.69 Å². The fourth-order valence-corrected chi connectivity index (χ4v) is 1.23. The third-order valence-corrected chi connectivity index (χ3v) is 1.84. The van der Waals surface area contributed by atoms with Crippen LogP contribution in [0.4, 0.5) is 10.1 Å². The van der Waals surface area contributed by atoms with E-state index in [1.54, 1.807) is 18.5 Å². The van der Waals surface area contributed by atoms with E-state index in [0.29, 0.717) is 5.69 Å². The normalized spacial score (nSPS) is 9.67. The third-order valence-electron chi connectivity index (χ3n) is 1.84. The van der Waals surface area contributed by atoms with Crippen molar-refractivity contribution < 1.29 is 4.39 Å². The highest BCUT2D eigenvalue weighted by Crippen LogP contribution is 2.23. The van der Waals surface area contributed by atoms with Gasteiger partial charge < -0.3 is 0 Å². The molecular formula is C9H6FN5. The minimum Gasteiger partial charge on any atom is -0.241 e. The van der Waals surface area contributed by atoms with Crippen LogP contribution in [0.15, 0.2) is 41.8 Å². The van der Waals surface area contributed by atoms with E-state index in [2.05, 4.69) is 15.1 Å². The van der Waals surface area contributed by atoms with Crippen molar-refractivity contribution in [2.24, 2.45) is 5.11 Å². The van der Waals surface area contributed by atoms with Crippen LogP contribution in [0.3, 0.4) is 0 Å². The highest BCUT2D eigenvalue weighted by molar-refractivity contribution is 5.56. The molecule has 0 aliphatic heterocycles. The predicted octanol–water partition coefficient (Wildman–Crippen LogP) is 2.95. The van der Waals surface area contributed by atoms with Gasteiger partial charge in [0.05, 0.1) is 11.4 Å². The van der Waals surface area contributed by atoms with Crippen LogP contribution >= 0.6 is 0 Å². The van der Waals surface area contributed by atoms with E-state index in [1.807, 2.05) is 0 Å². The molecule has 0 saturated carbocycles. The lowest BCUT2D eigenvalue weighted by Crippen LogP contribution is -1.94. The summed E-state index contributed by atoms with van der Waals surface area (Å²) in [6, 6.07) is 5.68. The van der Waals surface area contributed by atoms with E-state index in [-0.39, 0.29) is 5.69 Å². The third kappa shape index (κ3) is 1.79. The minimum atomic E-state index is -0.451. The average Bonchev–Trinajstić information content (AvgIpc) is 2.71.